The zero-order valence-electron chi connectivity index (χ0n) is 11.6. The lowest BCUT2D eigenvalue weighted by molar-refractivity contribution is 0.559. The number of aromatic nitrogens is 1. The molecule has 0 bridgehead atoms. The Bertz CT molecular complexity index is 775. The molecule has 0 fully saturated rings. The molecular formula is C18H14ClNO. The quantitative estimate of drug-likeness (QED) is 0.648. The summed E-state index contributed by atoms with van der Waals surface area (Å²) < 4.78 is 5.72. The smallest absolute Gasteiger partial charge is 0.238 e. The lowest BCUT2D eigenvalue weighted by Gasteiger charge is -1.97. The molecule has 0 amide bonds. The Morgan fingerprint density at radius 3 is 2.67 bits per heavy atom. The molecule has 21 heavy (non-hydrogen) atoms. The number of halogens is 1. The molecule has 1 aromatic heterocycles. The normalized spacial score (nSPS) is 11.6. The lowest BCUT2D eigenvalue weighted by Crippen LogP contribution is -1.78. The molecule has 2 nitrogen and oxygen atoms in total. The number of hydrogen-bond donors (Lipinski definition) is 0. The first-order valence-electron chi connectivity index (χ1n) is 6.68. The Balaban J connectivity index is 1.89. The molecule has 0 N–H and O–H groups in total. The van der Waals surface area contributed by atoms with Crippen LogP contribution >= 0.6 is 11.6 Å². The van der Waals surface area contributed by atoms with Crippen LogP contribution in [0.2, 0.25) is 0 Å². The van der Waals surface area contributed by atoms with Crippen molar-refractivity contribution in [3.05, 3.63) is 77.8 Å². The highest BCUT2D eigenvalue weighted by atomic mass is 35.5. The van der Waals surface area contributed by atoms with E-state index in [0.29, 0.717) is 16.7 Å². The average molecular weight is 296 g/mol. The Morgan fingerprint density at radius 1 is 1.10 bits per heavy atom. The van der Waals surface area contributed by atoms with Gasteiger partial charge in [-0.2, -0.15) is 0 Å². The number of nitrogens with zero attached hydrogens (tertiary/aromatic N) is 1. The van der Waals surface area contributed by atoms with E-state index in [1.165, 1.54) is 5.56 Å². The first-order chi connectivity index (χ1) is 10.2. The Kier molecular flexibility index (Phi) is 3.89. The minimum atomic E-state index is 0.428. The van der Waals surface area contributed by atoms with Gasteiger partial charge in [0, 0.05) is 5.56 Å². The average Bonchev–Trinajstić information content (AvgIpc) is 2.98. The summed E-state index contributed by atoms with van der Waals surface area (Å²) in [5.74, 6) is 1.14. The maximum atomic E-state index is 6.30. The molecule has 0 unspecified atom stereocenters. The van der Waals surface area contributed by atoms with E-state index < -0.39 is 0 Å². The molecule has 2 aromatic carbocycles. The fraction of sp³-hybridized carbons (Fsp3) is 0.0556. The third kappa shape index (κ3) is 3.23. The number of rotatable bonds is 3. The molecule has 0 spiro atoms. The van der Waals surface area contributed by atoms with Crippen LogP contribution in [0.5, 0.6) is 0 Å². The van der Waals surface area contributed by atoms with Gasteiger partial charge in [0.2, 0.25) is 5.89 Å². The van der Waals surface area contributed by atoms with Gasteiger partial charge in [0.1, 0.15) is 5.03 Å². The van der Waals surface area contributed by atoms with Crippen LogP contribution in [-0.2, 0) is 0 Å². The minimum absolute atomic E-state index is 0.428. The zero-order chi connectivity index (χ0) is 14.7. The van der Waals surface area contributed by atoms with Crippen molar-refractivity contribution in [3.8, 4) is 11.3 Å². The van der Waals surface area contributed by atoms with Gasteiger partial charge < -0.3 is 4.42 Å². The van der Waals surface area contributed by atoms with E-state index in [1.807, 2.05) is 61.5 Å². The van der Waals surface area contributed by atoms with E-state index in [4.69, 9.17) is 16.0 Å². The van der Waals surface area contributed by atoms with Gasteiger partial charge in [-0.15, -0.1) is 0 Å². The summed E-state index contributed by atoms with van der Waals surface area (Å²) in [4.78, 5) is 4.24. The molecule has 104 valence electrons. The fourth-order valence-electron chi connectivity index (χ4n) is 2.09. The molecule has 3 aromatic rings. The SMILES string of the molecule is Cc1cccc(/C=C(\Cl)c2ncc(-c3ccccc3)o2)c1. The second-order valence-corrected chi connectivity index (χ2v) is 5.21. The second kappa shape index (κ2) is 5.98. The summed E-state index contributed by atoms with van der Waals surface area (Å²) in [5, 5.41) is 0.489. The Labute approximate surface area is 128 Å². The molecule has 3 heteroatoms. The van der Waals surface area contributed by atoms with Crippen LogP contribution in [0.4, 0.5) is 0 Å². The maximum Gasteiger partial charge on any atom is 0.238 e. The van der Waals surface area contributed by atoms with Crippen LogP contribution in [0.25, 0.3) is 22.4 Å². The summed E-state index contributed by atoms with van der Waals surface area (Å²) in [7, 11) is 0. The molecule has 0 atom stereocenters. The van der Waals surface area contributed by atoms with Crippen molar-refractivity contribution in [1.29, 1.82) is 0 Å². The van der Waals surface area contributed by atoms with Gasteiger partial charge in [-0.1, -0.05) is 71.8 Å². The molecule has 0 aliphatic heterocycles. The van der Waals surface area contributed by atoms with Crippen molar-refractivity contribution in [2.24, 2.45) is 0 Å². The van der Waals surface area contributed by atoms with Crippen LogP contribution in [0, 0.1) is 6.92 Å². The van der Waals surface area contributed by atoms with E-state index in [9.17, 15) is 0 Å². The van der Waals surface area contributed by atoms with Gasteiger partial charge in [0.25, 0.3) is 0 Å². The van der Waals surface area contributed by atoms with Crippen molar-refractivity contribution in [1.82, 2.24) is 4.98 Å². The van der Waals surface area contributed by atoms with Crippen LogP contribution in [0.3, 0.4) is 0 Å². The predicted octanol–water partition coefficient (Wildman–Crippen LogP) is 5.39. The van der Waals surface area contributed by atoms with Crippen LogP contribution in [0.1, 0.15) is 17.0 Å². The van der Waals surface area contributed by atoms with E-state index in [2.05, 4.69) is 11.1 Å². The number of aryl methyl sites for hydroxylation is 1. The van der Waals surface area contributed by atoms with Gasteiger partial charge in [0.05, 0.1) is 6.20 Å². The molecule has 0 aliphatic carbocycles. The van der Waals surface area contributed by atoms with Gasteiger partial charge in [-0.3, -0.25) is 0 Å². The molecule has 3 rings (SSSR count). The topological polar surface area (TPSA) is 26.0 Å². The van der Waals surface area contributed by atoms with Gasteiger partial charge in [-0.05, 0) is 18.6 Å². The van der Waals surface area contributed by atoms with E-state index in [-0.39, 0.29) is 0 Å². The van der Waals surface area contributed by atoms with E-state index >= 15 is 0 Å². The van der Waals surface area contributed by atoms with Gasteiger partial charge in [0.15, 0.2) is 5.76 Å². The predicted molar refractivity (Wildman–Crippen MR) is 86.8 cm³/mol. The van der Waals surface area contributed by atoms with Crippen LogP contribution in [-0.4, -0.2) is 4.98 Å². The number of benzene rings is 2. The summed E-state index contributed by atoms with van der Waals surface area (Å²) in [6.45, 7) is 2.05. The van der Waals surface area contributed by atoms with Crippen molar-refractivity contribution in [2.75, 3.05) is 0 Å². The molecule has 1 heterocycles. The third-order valence-corrected chi connectivity index (χ3v) is 3.37. The number of hydrogen-bond acceptors (Lipinski definition) is 2. The minimum Gasteiger partial charge on any atom is -0.435 e. The summed E-state index contributed by atoms with van der Waals surface area (Å²) in [6.07, 6.45) is 3.55. The molecule has 0 radical (unpaired) electrons. The Hall–Kier alpha value is -2.32. The first-order valence-corrected chi connectivity index (χ1v) is 7.06. The standard InChI is InChI=1S/C18H14ClNO/c1-13-6-5-7-14(10-13)11-16(19)18-20-12-17(21-18)15-8-3-2-4-9-15/h2-12H,1H3/b16-11-. The first kappa shape index (κ1) is 13.7. The van der Waals surface area contributed by atoms with Crippen molar-refractivity contribution in [3.63, 3.8) is 0 Å². The Morgan fingerprint density at radius 2 is 1.90 bits per heavy atom. The molecule has 0 saturated carbocycles. The maximum absolute atomic E-state index is 6.30. The fourth-order valence-corrected chi connectivity index (χ4v) is 2.30. The van der Waals surface area contributed by atoms with Crippen LogP contribution < -0.4 is 0 Å². The van der Waals surface area contributed by atoms with Crippen molar-refractivity contribution < 1.29 is 4.42 Å². The molecule has 0 aliphatic rings. The lowest BCUT2D eigenvalue weighted by atomic mass is 10.1. The second-order valence-electron chi connectivity index (χ2n) is 4.80. The molecular weight excluding hydrogens is 282 g/mol. The van der Waals surface area contributed by atoms with Crippen LogP contribution in [0.15, 0.2) is 65.2 Å². The zero-order valence-corrected chi connectivity index (χ0v) is 12.3. The molecule has 0 saturated heterocycles. The summed E-state index contributed by atoms with van der Waals surface area (Å²) >= 11 is 6.30. The highest BCUT2D eigenvalue weighted by molar-refractivity contribution is 6.50. The summed E-state index contributed by atoms with van der Waals surface area (Å²) in [6, 6.07) is 17.9. The highest BCUT2D eigenvalue weighted by Crippen LogP contribution is 2.26. The van der Waals surface area contributed by atoms with Gasteiger partial charge in [-0.25, -0.2) is 4.98 Å². The number of oxazole rings is 1. The third-order valence-electron chi connectivity index (χ3n) is 3.10. The van der Waals surface area contributed by atoms with E-state index in [0.717, 1.165) is 11.1 Å². The van der Waals surface area contributed by atoms with Crippen molar-refractivity contribution in [2.45, 2.75) is 6.92 Å². The van der Waals surface area contributed by atoms with E-state index in [1.54, 1.807) is 6.20 Å². The largest absolute Gasteiger partial charge is 0.435 e. The van der Waals surface area contributed by atoms with Crippen molar-refractivity contribution >= 4 is 22.7 Å². The highest BCUT2D eigenvalue weighted by Gasteiger charge is 2.09. The van der Waals surface area contributed by atoms with Gasteiger partial charge >= 0.3 is 0 Å². The summed E-state index contributed by atoms with van der Waals surface area (Å²) in [5.41, 5.74) is 3.20. The monoisotopic (exact) mass is 295 g/mol.